The lowest BCUT2D eigenvalue weighted by Gasteiger charge is -2.52. The Hall–Kier alpha value is -1.10. The molecule has 0 saturated carbocycles. The Morgan fingerprint density at radius 1 is 1.26 bits per heavy atom. The number of nitrogens with one attached hydrogen (secondary N) is 1. The molecule has 2 amide bonds. The second kappa shape index (κ2) is 7.65. The predicted octanol–water partition coefficient (Wildman–Crippen LogP) is 2.20. The SMILES string of the molecule is CC(C)CCC(=O)N1CC2(CC[C@@H](CNC(=O)C(C)C)CO2)C1. The van der Waals surface area contributed by atoms with Crippen LogP contribution in [0.3, 0.4) is 0 Å². The Kier molecular flexibility index (Phi) is 6.06. The van der Waals surface area contributed by atoms with Crippen LogP contribution in [0.15, 0.2) is 0 Å². The van der Waals surface area contributed by atoms with Crippen LogP contribution in [0.5, 0.6) is 0 Å². The van der Waals surface area contributed by atoms with Gasteiger partial charge in [0.2, 0.25) is 11.8 Å². The highest BCUT2D eigenvalue weighted by Gasteiger charge is 2.48. The van der Waals surface area contributed by atoms with Crippen molar-refractivity contribution in [1.82, 2.24) is 10.2 Å². The van der Waals surface area contributed by atoms with Gasteiger partial charge in [-0.15, -0.1) is 0 Å². The molecule has 0 aromatic heterocycles. The molecule has 0 aliphatic carbocycles. The van der Waals surface area contributed by atoms with Crippen LogP contribution in [-0.2, 0) is 14.3 Å². The molecule has 0 unspecified atom stereocenters. The second-order valence-electron chi connectivity index (χ2n) is 7.98. The van der Waals surface area contributed by atoms with Crippen molar-refractivity contribution in [2.24, 2.45) is 17.8 Å². The van der Waals surface area contributed by atoms with Crippen LogP contribution in [0.2, 0.25) is 0 Å². The lowest BCUT2D eigenvalue weighted by atomic mass is 9.82. The van der Waals surface area contributed by atoms with E-state index in [1.807, 2.05) is 18.7 Å². The molecule has 0 aromatic rings. The number of hydrogen-bond acceptors (Lipinski definition) is 3. The van der Waals surface area contributed by atoms with Crippen molar-refractivity contribution in [2.75, 3.05) is 26.2 Å². The summed E-state index contributed by atoms with van der Waals surface area (Å²) in [6, 6.07) is 0. The zero-order chi connectivity index (χ0) is 17.0. The molecule has 1 spiro atoms. The highest BCUT2D eigenvalue weighted by molar-refractivity contribution is 5.78. The van der Waals surface area contributed by atoms with Crippen LogP contribution < -0.4 is 5.32 Å². The summed E-state index contributed by atoms with van der Waals surface area (Å²) in [6.07, 6.45) is 3.66. The quantitative estimate of drug-likeness (QED) is 0.815. The topological polar surface area (TPSA) is 58.6 Å². The van der Waals surface area contributed by atoms with Crippen molar-refractivity contribution >= 4 is 11.8 Å². The summed E-state index contributed by atoms with van der Waals surface area (Å²) in [4.78, 5) is 25.6. The van der Waals surface area contributed by atoms with Gasteiger partial charge in [-0.3, -0.25) is 9.59 Å². The zero-order valence-electron chi connectivity index (χ0n) is 15.1. The monoisotopic (exact) mass is 324 g/mol. The van der Waals surface area contributed by atoms with E-state index in [0.717, 1.165) is 32.4 Å². The van der Waals surface area contributed by atoms with Crippen LogP contribution in [0, 0.1) is 17.8 Å². The third-order valence-corrected chi connectivity index (χ3v) is 4.97. The first-order valence-electron chi connectivity index (χ1n) is 9.01. The first-order chi connectivity index (χ1) is 10.8. The molecular formula is C18H32N2O3. The van der Waals surface area contributed by atoms with Gasteiger partial charge in [0, 0.05) is 18.9 Å². The van der Waals surface area contributed by atoms with Crippen molar-refractivity contribution in [2.45, 2.75) is 59.0 Å². The fourth-order valence-electron chi connectivity index (χ4n) is 3.17. The normalized spacial score (nSPS) is 23.2. The van der Waals surface area contributed by atoms with E-state index in [1.54, 1.807) is 0 Å². The third-order valence-electron chi connectivity index (χ3n) is 4.97. The Labute approximate surface area is 140 Å². The van der Waals surface area contributed by atoms with Gasteiger partial charge in [-0.1, -0.05) is 27.7 Å². The van der Waals surface area contributed by atoms with Crippen LogP contribution in [0.25, 0.3) is 0 Å². The van der Waals surface area contributed by atoms with Crippen molar-refractivity contribution in [3.05, 3.63) is 0 Å². The maximum Gasteiger partial charge on any atom is 0.222 e. The molecule has 2 fully saturated rings. The third kappa shape index (κ3) is 4.93. The minimum atomic E-state index is -0.105. The minimum Gasteiger partial charge on any atom is -0.371 e. The van der Waals surface area contributed by atoms with Gasteiger partial charge in [-0.05, 0) is 31.1 Å². The highest BCUT2D eigenvalue weighted by atomic mass is 16.5. The number of ether oxygens (including phenoxy) is 1. The summed E-state index contributed by atoms with van der Waals surface area (Å²) < 4.78 is 6.07. The average Bonchev–Trinajstić information content (AvgIpc) is 2.48. The van der Waals surface area contributed by atoms with Crippen molar-refractivity contribution in [3.8, 4) is 0 Å². The summed E-state index contributed by atoms with van der Waals surface area (Å²) in [5, 5.41) is 2.99. The maximum absolute atomic E-state index is 12.1. The second-order valence-corrected chi connectivity index (χ2v) is 7.98. The van der Waals surface area contributed by atoms with E-state index in [4.69, 9.17) is 4.74 Å². The zero-order valence-corrected chi connectivity index (χ0v) is 15.1. The number of amides is 2. The Bertz CT molecular complexity index is 418. The smallest absolute Gasteiger partial charge is 0.222 e. The number of carbonyl (C=O) groups excluding carboxylic acids is 2. The molecule has 5 heteroatoms. The van der Waals surface area contributed by atoms with Gasteiger partial charge in [-0.2, -0.15) is 0 Å². The lowest BCUT2D eigenvalue weighted by molar-refractivity contribution is -0.188. The number of carbonyl (C=O) groups is 2. The number of nitrogens with zero attached hydrogens (tertiary/aromatic N) is 1. The van der Waals surface area contributed by atoms with Crippen molar-refractivity contribution in [1.29, 1.82) is 0 Å². The summed E-state index contributed by atoms with van der Waals surface area (Å²) >= 11 is 0. The van der Waals surface area contributed by atoms with E-state index in [1.165, 1.54) is 0 Å². The molecule has 2 rings (SSSR count). The molecule has 23 heavy (non-hydrogen) atoms. The molecule has 1 N–H and O–H groups in total. The number of rotatable bonds is 6. The predicted molar refractivity (Wildman–Crippen MR) is 89.9 cm³/mol. The van der Waals surface area contributed by atoms with Gasteiger partial charge in [0.1, 0.15) is 5.60 Å². The van der Waals surface area contributed by atoms with Gasteiger partial charge in [0.05, 0.1) is 19.7 Å². The molecule has 0 bridgehead atoms. The summed E-state index contributed by atoms with van der Waals surface area (Å²) in [6.45, 7) is 11.0. The largest absolute Gasteiger partial charge is 0.371 e. The van der Waals surface area contributed by atoms with Crippen molar-refractivity contribution < 1.29 is 14.3 Å². The minimum absolute atomic E-state index is 0.0305. The molecule has 1 atom stereocenters. The van der Waals surface area contributed by atoms with Crippen molar-refractivity contribution in [3.63, 3.8) is 0 Å². The highest BCUT2D eigenvalue weighted by Crippen LogP contribution is 2.36. The molecule has 2 saturated heterocycles. The van der Waals surface area contributed by atoms with Gasteiger partial charge >= 0.3 is 0 Å². The Morgan fingerprint density at radius 3 is 2.48 bits per heavy atom. The molecule has 2 aliphatic rings. The Morgan fingerprint density at radius 2 is 1.96 bits per heavy atom. The molecule has 5 nitrogen and oxygen atoms in total. The fraction of sp³-hybridized carbons (Fsp3) is 0.889. The van der Waals surface area contributed by atoms with E-state index in [2.05, 4.69) is 19.2 Å². The number of likely N-dealkylation sites (tertiary alicyclic amines) is 1. The summed E-state index contributed by atoms with van der Waals surface area (Å²) in [5.41, 5.74) is -0.105. The van der Waals surface area contributed by atoms with Crippen LogP contribution in [0.4, 0.5) is 0 Å². The van der Waals surface area contributed by atoms with Gasteiger partial charge in [0.15, 0.2) is 0 Å². The fourth-order valence-corrected chi connectivity index (χ4v) is 3.17. The first kappa shape index (κ1) is 18.2. The van der Waals surface area contributed by atoms with E-state index < -0.39 is 0 Å². The van der Waals surface area contributed by atoms with Crippen LogP contribution >= 0.6 is 0 Å². The summed E-state index contributed by atoms with van der Waals surface area (Å²) in [7, 11) is 0. The van der Waals surface area contributed by atoms with Gasteiger partial charge < -0.3 is 15.0 Å². The van der Waals surface area contributed by atoms with Gasteiger partial charge in [0.25, 0.3) is 0 Å². The average molecular weight is 324 g/mol. The van der Waals surface area contributed by atoms with Crippen LogP contribution in [-0.4, -0.2) is 48.6 Å². The number of hydrogen-bond donors (Lipinski definition) is 1. The molecule has 0 radical (unpaired) electrons. The van der Waals surface area contributed by atoms with E-state index in [-0.39, 0.29) is 23.3 Å². The molecular weight excluding hydrogens is 292 g/mol. The van der Waals surface area contributed by atoms with E-state index >= 15 is 0 Å². The first-order valence-corrected chi connectivity index (χ1v) is 9.01. The standard InChI is InChI=1S/C18H32N2O3/c1-13(2)5-6-16(21)20-11-18(12-20)8-7-15(10-23-18)9-19-17(22)14(3)4/h13-15H,5-12H2,1-4H3,(H,19,22)/t15-/m0/s1. The van der Waals surface area contributed by atoms with E-state index in [0.29, 0.717) is 31.4 Å². The summed E-state index contributed by atoms with van der Waals surface area (Å²) in [5.74, 6) is 1.37. The molecule has 132 valence electrons. The molecule has 0 aromatic carbocycles. The van der Waals surface area contributed by atoms with Gasteiger partial charge in [-0.25, -0.2) is 0 Å². The van der Waals surface area contributed by atoms with Crippen LogP contribution in [0.1, 0.15) is 53.4 Å². The maximum atomic E-state index is 12.1. The molecule has 2 aliphatic heterocycles. The van der Waals surface area contributed by atoms with E-state index in [9.17, 15) is 9.59 Å². The molecule has 2 heterocycles. The lowest BCUT2D eigenvalue weighted by Crippen LogP contribution is -2.66. The Balaban J connectivity index is 1.66.